The summed E-state index contributed by atoms with van der Waals surface area (Å²) < 4.78 is 0. The minimum absolute atomic E-state index is 0. The van der Waals surface area contributed by atoms with Gasteiger partial charge in [-0.1, -0.05) is 30.3 Å². The highest BCUT2D eigenvalue weighted by Gasteiger charge is 2.21. The van der Waals surface area contributed by atoms with E-state index in [-0.39, 0.29) is 30.7 Å². The van der Waals surface area contributed by atoms with Crippen molar-refractivity contribution in [2.45, 2.75) is 57.2 Å². The first kappa shape index (κ1) is 22.2. The van der Waals surface area contributed by atoms with Gasteiger partial charge in [0.15, 0.2) is 0 Å². The van der Waals surface area contributed by atoms with E-state index < -0.39 is 0 Å². The Morgan fingerprint density at radius 1 is 1.12 bits per heavy atom. The molecule has 3 rings (SSSR count). The molecule has 1 atom stereocenters. The van der Waals surface area contributed by atoms with Gasteiger partial charge >= 0.3 is 0 Å². The molecule has 1 amide bonds. The SMILES string of the molecule is Cl.Cl.O=C(CCC1CCCN1)NC1CCN(Cc2ccccc2)CC1. The lowest BCUT2D eigenvalue weighted by atomic mass is 10.0. The van der Waals surface area contributed by atoms with E-state index in [1.165, 1.54) is 18.4 Å². The lowest BCUT2D eigenvalue weighted by Gasteiger charge is -2.32. The first-order valence-electron chi connectivity index (χ1n) is 9.08. The first-order chi connectivity index (χ1) is 11.3. The molecule has 2 aliphatic rings. The normalized spacial score (nSPS) is 21.2. The van der Waals surface area contributed by atoms with E-state index >= 15 is 0 Å². The van der Waals surface area contributed by atoms with Gasteiger partial charge in [-0.2, -0.15) is 0 Å². The fourth-order valence-corrected chi connectivity index (χ4v) is 3.69. The van der Waals surface area contributed by atoms with E-state index in [9.17, 15) is 4.79 Å². The molecule has 6 heteroatoms. The molecule has 2 heterocycles. The third-order valence-electron chi connectivity index (χ3n) is 5.08. The van der Waals surface area contributed by atoms with Gasteiger partial charge in [0.1, 0.15) is 0 Å². The second kappa shape index (κ2) is 11.7. The van der Waals surface area contributed by atoms with Gasteiger partial charge in [-0.15, -0.1) is 24.8 Å². The van der Waals surface area contributed by atoms with Gasteiger partial charge in [-0.05, 0) is 44.2 Å². The summed E-state index contributed by atoms with van der Waals surface area (Å²) in [5, 5.41) is 6.69. The molecule has 0 radical (unpaired) electrons. The van der Waals surface area contributed by atoms with E-state index in [2.05, 4.69) is 45.9 Å². The standard InChI is InChI=1S/C19H29N3O.2ClH/c23-19(9-8-17-7-4-12-20-17)21-18-10-13-22(14-11-18)15-16-5-2-1-3-6-16;;/h1-3,5-6,17-18,20H,4,7-15H2,(H,21,23);2*1H. The van der Waals surface area contributed by atoms with Gasteiger partial charge in [0, 0.05) is 38.1 Å². The second-order valence-electron chi connectivity index (χ2n) is 6.94. The summed E-state index contributed by atoms with van der Waals surface area (Å²) in [6, 6.07) is 11.6. The van der Waals surface area contributed by atoms with Crippen molar-refractivity contribution in [2.75, 3.05) is 19.6 Å². The van der Waals surface area contributed by atoms with Gasteiger partial charge < -0.3 is 10.6 Å². The number of hydrogen-bond acceptors (Lipinski definition) is 3. The summed E-state index contributed by atoms with van der Waals surface area (Å²) in [6.45, 7) is 4.29. The maximum absolute atomic E-state index is 12.1. The van der Waals surface area contributed by atoms with Crippen molar-refractivity contribution in [1.82, 2.24) is 15.5 Å². The van der Waals surface area contributed by atoms with Crippen LogP contribution in [0.15, 0.2) is 30.3 Å². The van der Waals surface area contributed by atoms with Gasteiger partial charge in [-0.3, -0.25) is 9.69 Å². The second-order valence-corrected chi connectivity index (χ2v) is 6.94. The van der Waals surface area contributed by atoms with E-state index in [1.54, 1.807) is 0 Å². The third kappa shape index (κ3) is 7.53. The number of amides is 1. The van der Waals surface area contributed by atoms with Crippen molar-refractivity contribution in [3.63, 3.8) is 0 Å². The predicted molar refractivity (Wildman–Crippen MR) is 108 cm³/mol. The molecule has 2 fully saturated rings. The maximum atomic E-state index is 12.1. The van der Waals surface area contributed by atoms with Crippen LogP contribution in [0.5, 0.6) is 0 Å². The average Bonchev–Trinajstić information content (AvgIpc) is 3.09. The van der Waals surface area contributed by atoms with Crippen LogP contribution in [-0.4, -0.2) is 42.5 Å². The molecule has 4 nitrogen and oxygen atoms in total. The Hall–Kier alpha value is -0.810. The van der Waals surface area contributed by atoms with Crippen LogP contribution < -0.4 is 10.6 Å². The van der Waals surface area contributed by atoms with Gasteiger partial charge in [0.25, 0.3) is 0 Å². The molecule has 0 saturated carbocycles. The molecule has 2 saturated heterocycles. The first-order valence-corrected chi connectivity index (χ1v) is 9.08. The van der Waals surface area contributed by atoms with Crippen molar-refractivity contribution >= 4 is 30.7 Å². The van der Waals surface area contributed by atoms with Crippen molar-refractivity contribution in [3.05, 3.63) is 35.9 Å². The quantitative estimate of drug-likeness (QED) is 0.787. The molecule has 0 aromatic heterocycles. The van der Waals surface area contributed by atoms with Crippen LogP contribution in [0.25, 0.3) is 0 Å². The monoisotopic (exact) mass is 387 g/mol. The number of carbonyl (C=O) groups is 1. The lowest BCUT2D eigenvalue weighted by Crippen LogP contribution is -2.44. The average molecular weight is 388 g/mol. The number of likely N-dealkylation sites (tertiary alicyclic amines) is 1. The Morgan fingerprint density at radius 2 is 1.84 bits per heavy atom. The zero-order valence-electron chi connectivity index (χ0n) is 14.8. The molecular weight excluding hydrogens is 357 g/mol. The fourth-order valence-electron chi connectivity index (χ4n) is 3.69. The van der Waals surface area contributed by atoms with Crippen LogP contribution in [0.4, 0.5) is 0 Å². The minimum atomic E-state index is 0. The molecule has 1 aromatic carbocycles. The fraction of sp³-hybridized carbons (Fsp3) is 0.632. The van der Waals surface area contributed by atoms with E-state index in [0.29, 0.717) is 18.5 Å². The van der Waals surface area contributed by atoms with Crippen molar-refractivity contribution in [3.8, 4) is 0 Å². The van der Waals surface area contributed by atoms with Gasteiger partial charge in [0.2, 0.25) is 5.91 Å². The summed E-state index contributed by atoms with van der Waals surface area (Å²) in [7, 11) is 0. The number of hydrogen-bond donors (Lipinski definition) is 2. The van der Waals surface area contributed by atoms with Crippen LogP contribution in [0.2, 0.25) is 0 Å². The molecule has 25 heavy (non-hydrogen) atoms. The summed E-state index contributed by atoms with van der Waals surface area (Å²) in [6.07, 6.45) is 6.28. The number of benzene rings is 1. The minimum Gasteiger partial charge on any atom is -0.353 e. The lowest BCUT2D eigenvalue weighted by molar-refractivity contribution is -0.122. The highest BCUT2D eigenvalue weighted by atomic mass is 35.5. The molecular formula is C19H31Cl2N3O. The van der Waals surface area contributed by atoms with Gasteiger partial charge in [0.05, 0.1) is 0 Å². The summed E-state index contributed by atoms with van der Waals surface area (Å²) in [4.78, 5) is 14.6. The largest absolute Gasteiger partial charge is 0.353 e. The number of carbonyl (C=O) groups excluding carboxylic acids is 1. The van der Waals surface area contributed by atoms with Crippen molar-refractivity contribution in [1.29, 1.82) is 0 Å². The summed E-state index contributed by atoms with van der Waals surface area (Å²) >= 11 is 0. The third-order valence-corrected chi connectivity index (χ3v) is 5.08. The number of halogens is 2. The summed E-state index contributed by atoms with van der Waals surface area (Å²) in [5.41, 5.74) is 1.37. The Bertz CT molecular complexity index is 487. The van der Waals surface area contributed by atoms with Crippen LogP contribution in [0.3, 0.4) is 0 Å². The number of nitrogens with zero attached hydrogens (tertiary/aromatic N) is 1. The zero-order chi connectivity index (χ0) is 15.9. The molecule has 142 valence electrons. The Labute approximate surface area is 163 Å². The highest BCUT2D eigenvalue weighted by molar-refractivity contribution is 5.85. The molecule has 2 N–H and O–H groups in total. The molecule has 0 aliphatic carbocycles. The molecule has 2 aliphatic heterocycles. The number of piperidine rings is 1. The van der Waals surface area contributed by atoms with Crippen LogP contribution in [0, 0.1) is 0 Å². The maximum Gasteiger partial charge on any atom is 0.220 e. The zero-order valence-corrected chi connectivity index (χ0v) is 16.4. The Balaban J connectivity index is 0.00000156. The summed E-state index contributed by atoms with van der Waals surface area (Å²) in [5.74, 6) is 0.236. The van der Waals surface area contributed by atoms with Gasteiger partial charge in [-0.25, -0.2) is 0 Å². The van der Waals surface area contributed by atoms with E-state index in [0.717, 1.165) is 45.4 Å². The molecule has 0 spiro atoms. The highest BCUT2D eigenvalue weighted by Crippen LogP contribution is 2.15. The number of rotatable bonds is 6. The smallest absolute Gasteiger partial charge is 0.220 e. The van der Waals surface area contributed by atoms with Crippen LogP contribution in [-0.2, 0) is 11.3 Å². The van der Waals surface area contributed by atoms with Crippen molar-refractivity contribution < 1.29 is 4.79 Å². The van der Waals surface area contributed by atoms with Crippen LogP contribution in [0.1, 0.15) is 44.1 Å². The Kier molecular flexibility index (Phi) is 10.4. The molecule has 1 unspecified atom stereocenters. The predicted octanol–water partition coefficient (Wildman–Crippen LogP) is 3.14. The van der Waals surface area contributed by atoms with Crippen LogP contribution >= 0.6 is 24.8 Å². The molecule has 1 aromatic rings. The molecule has 0 bridgehead atoms. The van der Waals surface area contributed by atoms with E-state index in [4.69, 9.17) is 0 Å². The number of nitrogens with one attached hydrogen (secondary N) is 2. The van der Waals surface area contributed by atoms with Crippen molar-refractivity contribution in [2.24, 2.45) is 0 Å². The van der Waals surface area contributed by atoms with E-state index in [1.807, 2.05) is 0 Å². The topological polar surface area (TPSA) is 44.4 Å². The Morgan fingerprint density at radius 3 is 2.48 bits per heavy atom.